The second kappa shape index (κ2) is 5.42. The highest BCUT2D eigenvalue weighted by molar-refractivity contribution is 6.30. The summed E-state index contributed by atoms with van der Waals surface area (Å²) in [5.74, 6) is 0.642. The number of nitrogen functional groups attached to an aromatic ring is 1. The molecule has 0 radical (unpaired) electrons. The number of hydrogen-bond acceptors (Lipinski definition) is 3. The van der Waals surface area contributed by atoms with Crippen LogP contribution in [0.4, 0.5) is 5.82 Å². The Balaban J connectivity index is 2.48. The van der Waals surface area contributed by atoms with E-state index in [4.69, 9.17) is 22.1 Å². The maximum absolute atomic E-state index is 6.07. The molecule has 2 rings (SSSR count). The Morgan fingerprint density at radius 1 is 1.44 bits per heavy atom. The lowest BCUT2D eigenvalue weighted by Gasteiger charge is -2.04. The first kappa shape index (κ1) is 12.9. The van der Waals surface area contributed by atoms with Crippen LogP contribution in [0.15, 0.2) is 24.3 Å². The third kappa shape index (κ3) is 2.49. The van der Waals surface area contributed by atoms with Gasteiger partial charge < -0.3 is 10.5 Å². The van der Waals surface area contributed by atoms with Crippen LogP contribution in [-0.4, -0.2) is 23.5 Å². The quantitative estimate of drug-likeness (QED) is 0.924. The average molecular weight is 266 g/mol. The molecule has 0 bridgehead atoms. The smallest absolute Gasteiger partial charge is 0.129 e. The van der Waals surface area contributed by atoms with Gasteiger partial charge in [-0.15, -0.1) is 0 Å². The second-order valence-electron chi connectivity index (χ2n) is 4.08. The summed E-state index contributed by atoms with van der Waals surface area (Å²) in [6, 6.07) is 7.62. The number of benzene rings is 1. The van der Waals surface area contributed by atoms with Gasteiger partial charge in [0.1, 0.15) is 5.82 Å². The van der Waals surface area contributed by atoms with Crippen LogP contribution in [0.3, 0.4) is 0 Å². The molecule has 0 amide bonds. The fraction of sp³-hybridized carbons (Fsp3) is 0.308. The largest absolute Gasteiger partial charge is 0.384 e. The summed E-state index contributed by atoms with van der Waals surface area (Å²) in [7, 11) is 3.50. The zero-order chi connectivity index (χ0) is 13.1. The van der Waals surface area contributed by atoms with Crippen LogP contribution in [0.5, 0.6) is 0 Å². The standard InChI is InChI=1S/C13H16ClN3O/c1-17-13(15)12(11(16-17)6-7-18-2)9-4-3-5-10(14)8-9/h3-5,8H,6-7,15H2,1-2H3. The zero-order valence-electron chi connectivity index (χ0n) is 10.5. The fourth-order valence-electron chi connectivity index (χ4n) is 1.93. The van der Waals surface area contributed by atoms with Crippen LogP contribution >= 0.6 is 11.6 Å². The molecule has 2 aromatic rings. The maximum Gasteiger partial charge on any atom is 0.129 e. The monoisotopic (exact) mass is 265 g/mol. The van der Waals surface area contributed by atoms with Crippen molar-refractivity contribution in [1.82, 2.24) is 9.78 Å². The third-order valence-electron chi connectivity index (χ3n) is 2.82. The molecule has 0 unspecified atom stereocenters. The number of nitrogens with zero attached hydrogens (tertiary/aromatic N) is 2. The van der Waals surface area contributed by atoms with Crippen LogP contribution in [0, 0.1) is 0 Å². The first-order valence-electron chi connectivity index (χ1n) is 5.69. The molecule has 0 aliphatic rings. The normalized spacial score (nSPS) is 10.8. The Kier molecular flexibility index (Phi) is 3.89. The summed E-state index contributed by atoms with van der Waals surface area (Å²) >= 11 is 6.02. The first-order chi connectivity index (χ1) is 8.63. The van der Waals surface area contributed by atoms with E-state index in [0.717, 1.165) is 23.2 Å². The van der Waals surface area contributed by atoms with Crippen LogP contribution in [-0.2, 0) is 18.2 Å². The molecule has 0 saturated carbocycles. The number of anilines is 1. The van der Waals surface area contributed by atoms with Gasteiger partial charge in [-0.05, 0) is 17.7 Å². The highest BCUT2D eigenvalue weighted by Gasteiger charge is 2.15. The average Bonchev–Trinajstić information content (AvgIpc) is 2.62. The van der Waals surface area contributed by atoms with Crippen LogP contribution in [0.25, 0.3) is 11.1 Å². The number of halogens is 1. The minimum atomic E-state index is 0.615. The topological polar surface area (TPSA) is 53.1 Å². The molecule has 1 aromatic carbocycles. The molecule has 18 heavy (non-hydrogen) atoms. The molecule has 0 saturated heterocycles. The molecule has 5 heteroatoms. The van der Waals surface area contributed by atoms with Crippen LogP contribution < -0.4 is 5.73 Å². The van der Waals surface area contributed by atoms with E-state index in [2.05, 4.69) is 5.10 Å². The summed E-state index contributed by atoms with van der Waals surface area (Å²) in [6.07, 6.45) is 0.726. The number of aromatic nitrogens is 2. The van der Waals surface area contributed by atoms with E-state index in [1.807, 2.05) is 31.3 Å². The molecule has 0 aliphatic heterocycles. The van der Waals surface area contributed by atoms with Gasteiger partial charge in [-0.25, -0.2) is 0 Å². The Morgan fingerprint density at radius 3 is 2.89 bits per heavy atom. The zero-order valence-corrected chi connectivity index (χ0v) is 11.2. The van der Waals surface area contributed by atoms with Gasteiger partial charge in [0.2, 0.25) is 0 Å². The van der Waals surface area contributed by atoms with E-state index in [0.29, 0.717) is 17.4 Å². The Bertz CT molecular complexity index is 551. The number of hydrogen-bond donors (Lipinski definition) is 1. The number of nitrogens with two attached hydrogens (primary N) is 1. The summed E-state index contributed by atoms with van der Waals surface area (Å²) in [6.45, 7) is 0.615. The number of rotatable bonds is 4. The van der Waals surface area contributed by atoms with E-state index < -0.39 is 0 Å². The minimum absolute atomic E-state index is 0.615. The molecule has 1 heterocycles. The van der Waals surface area contributed by atoms with Gasteiger partial charge >= 0.3 is 0 Å². The lowest BCUT2D eigenvalue weighted by atomic mass is 10.0. The molecule has 0 spiro atoms. The first-order valence-corrected chi connectivity index (χ1v) is 6.07. The summed E-state index contributed by atoms with van der Waals surface area (Å²) in [4.78, 5) is 0. The van der Waals surface area contributed by atoms with E-state index >= 15 is 0 Å². The molecule has 0 atom stereocenters. The molecule has 0 fully saturated rings. The highest BCUT2D eigenvalue weighted by Crippen LogP contribution is 2.31. The second-order valence-corrected chi connectivity index (χ2v) is 4.52. The third-order valence-corrected chi connectivity index (χ3v) is 3.06. The lowest BCUT2D eigenvalue weighted by Crippen LogP contribution is -1.98. The van der Waals surface area contributed by atoms with Gasteiger partial charge in [0.15, 0.2) is 0 Å². The van der Waals surface area contributed by atoms with Gasteiger partial charge in [-0.3, -0.25) is 4.68 Å². The molecule has 96 valence electrons. The maximum atomic E-state index is 6.07. The molecule has 0 aliphatic carbocycles. The van der Waals surface area contributed by atoms with Gasteiger partial charge in [-0.2, -0.15) is 5.10 Å². The Hall–Kier alpha value is -1.52. The van der Waals surface area contributed by atoms with Crippen molar-refractivity contribution in [2.75, 3.05) is 19.5 Å². The van der Waals surface area contributed by atoms with Crippen molar-refractivity contribution >= 4 is 17.4 Å². The van der Waals surface area contributed by atoms with E-state index in [-0.39, 0.29) is 0 Å². The highest BCUT2D eigenvalue weighted by atomic mass is 35.5. The molecular weight excluding hydrogens is 250 g/mol. The van der Waals surface area contributed by atoms with E-state index in [1.165, 1.54) is 0 Å². The SMILES string of the molecule is COCCc1nn(C)c(N)c1-c1cccc(Cl)c1. The van der Waals surface area contributed by atoms with Crippen LogP contribution in [0.2, 0.25) is 5.02 Å². The summed E-state index contributed by atoms with van der Waals surface area (Å²) in [5.41, 5.74) is 8.93. The lowest BCUT2D eigenvalue weighted by molar-refractivity contribution is 0.201. The number of methoxy groups -OCH3 is 1. The van der Waals surface area contributed by atoms with E-state index in [1.54, 1.807) is 11.8 Å². The number of aryl methyl sites for hydroxylation is 1. The van der Waals surface area contributed by atoms with Crippen molar-refractivity contribution in [3.05, 3.63) is 35.0 Å². The van der Waals surface area contributed by atoms with Crippen molar-refractivity contribution in [2.24, 2.45) is 7.05 Å². The number of ether oxygens (including phenoxy) is 1. The minimum Gasteiger partial charge on any atom is -0.384 e. The Morgan fingerprint density at radius 2 is 2.22 bits per heavy atom. The van der Waals surface area contributed by atoms with E-state index in [9.17, 15) is 0 Å². The molecule has 1 aromatic heterocycles. The Labute approximate surface area is 111 Å². The fourth-order valence-corrected chi connectivity index (χ4v) is 2.12. The van der Waals surface area contributed by atoms with Crippen molar-refractivity contribution in [1.29, 1.82) is 0 Å². The predicted octanol–water partition coefficient (Wildman–Crippen LogP) is 2.51. The van der Waals surface area contributed by atoms with Gasteiger partial charge in [-0.1, -0.05) is 23.7 Å². The van der Waals surface area contributed by atoms with Crippen LogP contribution in [0.1, 0.15) is 5.69 Å². The molecular formula is C13H16ClN3O. The van der Waals surface area contributed by atoms with Gasteiger partial charge in [0.25, 0.3) is 0 Å². The molecule has 4 nitrogen and oxygen atoms in total. The summed E-state index contributed by atoms with van der Waals surface area (Å²) < 4.78 is 6.78. The van der Waals surface area contributed by atoms with Gasteiger partial charge in [0.05, 0.1) is 12.3 Å². The van der Waals surface area contributed by atoms with Crippen molar-refractivity contribution < 1.29 is 4.74 Å². The van der Waals surface area contributed by atoms with Gasteiger partial charge in [0, 0.05) is 31.2 Å². The predicted molar refractivity (Wildman–Crippen MR) is 73.6 cm³/mol. The van der Waals surface area contributed by atoms with Crippen molar-refractivity contribution in [3.63, 3.8) is 0 Å². The summed E-state index contributed by atoms with van der Waals surface area (Å²) in [5, 5.41) is 5.11. The molecule has 2 N–H and O–H groups in total. The van der Waals surface area contributed by atoms with Crippen molar-refractivity contribution in [3.8, 4) is 11.1 Å². The van der Waals surface area contributed by atoms with Crippen molar-refractivity contribution in [2.45, 2.75) is 6.42 Å².